The summed E-state index contributed by atoms with van der Waals surface area (Å²) in [5.41, 5.74) is 6.37. The molecule has 0 unspecified atom stereocenters. The van der Waals surface area contributed by atoms with Gasteiger partial charge in [-0.25, -0.2) is 9.97 Å². The maximum Gasteiger partial charge on any atom is 0.297 e. The van der Waals surface area contributed by atoms with Crippen molar-refractivity contribution < 1.29 is 14.1 Å². The average Bonchev–Trinajstić information content (AvgIpc) is 3.66. The lowest BCUT2D eigenvalue weighted by atomic mass is 10.1. The summed E-state index contributed by atoms with van der Waals surface area (Å²) in [5, 5.41) is 10.1. The van der Waals surface area contributed by atoms with Gasteiger partial charge in [-0.05, 0) is 37.1 Å². The first-order valence-electron chi connectivity index (χ1n) is 12.4. The summed E-state index contributed by atoms with van der Waals surface area (Å²) in [5.74, 6) is -0.494. The van der Waals surface area contributed by atoms with Gasteiger partial charge in [-0.3, -0.25) is 23.9 Å². The zero-order chi connectivity index (χ0) is 28.0. The number of hydrogen-bond acceptors (Lipinski definition) is 11. The Balaban J connectivity index is 1.20. The van der Waals surface area contributed by atoms with Crippen molar-refractivity contribution in [3.8, 4) is 11.6 Å². The molecule has 4 N–H and O–H groups in total. The molecule has 0 spiro atoms. The molecule has 6 rings (SSSR count). The molecular weight excluding hydrogens is 534 g/mol. The smallest absolute Gasteiger partial charge is 0.297 e. The number of nitrogens with one attached hydrogen (secondary N) is 2. The van der Waals surface area contributed by atoms with Gasteiger partial charge in [-0.1, -0.05) is 18.1 Å². The molecule has 0 radical (unpaired) electrons. The van der Waals surface area contributed by atoms with E-state index in [9.17, 15) is 14.4 Å². The second kappa shape index (κ2) is 9.96. The molecule has 40 heavy (non-hydrogen) atoms. The van der Waals surface area contributed by atoms with Crippen LogP contribution >= 0.6 is 11.3 Å². The lowest BCUT2D eigenvalue weighted by Gasteiger charge is -2.15. The van der Waals surface area contributed by atoms with E-state index in [0.29, 0.717) is 23.8 Å². The van der Waals surface area contributed by atoms with Gasteiger partial charge in [-0.2, -0.15) is 4.98 Å². The quantitative estimate of drug-likeness (QED) is 0.280. The summed E-state index contributed by atoms with van der Waals surface area (Å²) < 4.78 is 7.51. The molecule has 1 aliphatic heterocycles. The highest BCUT2D eigenvalue weighted by Gasteiger charge is 2.36. The standard InChI is InChI=1S/C26H23N9O4S/c1-12-4-3-5-28-20(12)25-33-21(34-39-25)24(37)32-16-11-30-22-13(2)6-17(35(22)26(16)38)23(36)31-10-15-7-14-9-29-19(27)8-18(14)40-15/h3-5,7-9,11,13,17H,6,10H2,1-2H3,(H2,27,29)(H,31,36)(H,32,37)/t13-,17+/m1/s1. The molecule has 0 bridgehead atoms. The molecule has 5 aromatic rings. The van der Waals surface area contributed by atoms with Crippen LogP contribution in [0.2, 0.25) is 0 Å². The molecule has 0 aliphatic carbocycles. The zero-order valence-corrected chi connectivity index (χ0v) is 22.2. The summed E-state index contributed by atoms with van der Waals surface area (Å²) in [4.78, 5) is 57.2. The molecule has 6 heterocycles. The van der Waals surface area contributed by atoms with E-state index in [1.807, 2.05) is 26.0 Å². The number of nitrogens with two attached hydrogens (primary N) is 1. The SMILES string of the molecule is Cc1cccnc1-c1nc(C(=O)Nc2cnc3n(c2=O)[C@H](C(=O)NCc2cc4cnc(N)cc4s2)C[C@H]3C)no1. The number of carbonyl (C=O) groups is 2. The number of thiophene rings is 1. The normalized spacial score (nSPS) is 16.1. The minimum absolute atomic E-state index is 0.0796. The minimum atomic E-state index is -0.780. The minimum Gasteiger partial charge on any atom is -0.384 e. The Bertz CT molecular complexity index is 1840. The monoisotopic (exact) mass is 557 g/mol. The second-order valence-electron chi connectivity index (χ2n) is 9.48. The maximum absolute atomic E-state index is 13.4. The van der Waals surface area contributed by atoms with E-state index in [0.717, 1.165) is 20.5 Å². The number of carbonyl (C=O) groups excluding carboxylic acids is 2. The largest absolute Gasteiger partial charge is 0.384 e. The van der Waals surface area contributed by atoms with Crippen LogP contribution in [0.25, 0.3) is 21.7 Å². The van der Waals surface area contributed by atoms with Crippen LogP contribution in [0.15, 0.2) is 52.2 Å². The van der Waals surface area contributed by atoms with Gasteiger partial charge in [0.1, 0.15) is 29.1 Å². The van der Waals surface area contributed by atoms with E-state index >= 15 is 0 Å². The van der Waals surface area contributed by atoms with E-state index < -0.39 is 17.5 Å². The average molecular weight is 558 g/mol. The molecular formula is C26H23N9O4S. The fourth-order valence-corrected chi connectivity index (χ4v) is 5.71. The molecule has 0 aromatic carbocycles. The van der Waals surface area contributed by atoms with Crippen molar-refractivity contribution in [2.24, 2.45) is 0 Å². The number of anilines is 2. The van der Waals surface area contributed by atoms with Crippen molar-refractivity contribution in [1.82, 2.24) is 35.0 Å². The number of aromatic nitrogens is 6. The molecule has 2 amide bonds. The van der Waals surface area contributed by atoms with Crippen molar-refractivity contribution in [3.63, 3.8) is 0 Å². The highest BCUT2D eigenvalue weighted by molar-refractivity contribution is 7.19. The topological polar surface area (TPSA) is 184 Å². The van der Waals surface area contributed by atoms with Gasteiger partial charge in [0.15, 0.2) is 0 Å². The fourth-order valence-electron chi connectivity index (χ4n) is 4.69. The lowest BCUT2D eigenvalue weighted by Crippen LogP contribution is -2.36. The van der Waals surface area contributed by atoms with E-state index in [4.69, 9.17) is 10.3 Å². The van der Waals surface area contributed by atoms with Crippen LogP contribution in [0.4, 0.5) is 11.5 Å². The Hall–Kier alpha value is -4.98. The van der Waals surface area contributed by atoms with Gasteiger partial charge in [0.05, 0.1) is 12.7 Å². The van der Waals surface area contributed by atoms with E-state index in [1.54, 1.807) is 24.5 Å². The molecule has 2 atom stereocenters. The van der Waals surface area contributed by atoms with Crippen LogP contribution in [0.3, 0.4) is 0 Å². The summed E-state index contributed by atoms with van der Waals surface area (Å²) in [6, 6.07) is 6.54. The molecule has 1 aliphatic rings. The lowest BCUT2D eigenvalue weighted by molar-refractivity contribution is -0.124. The number of pyridine rings is 2. The van der Waals surface area contributed by atoms with Gasteiger partial charge in [-0.15, -0.1) is 11.3 Å². The molecule has 202 valence electrons. The molecule has 0 saturated carbocycles. The fraction of sp³-hybridized carbons (Fsp3) is 0.231. The predicted octanol–water partition coefficient (Wildman–Crippen LogP) is 2.81. The van der Waals surface area contributed by atoms with Gasteiger partial charge in [0, 0.05) is 33.3 Å². The van der Waals surface area contributed by atoms with Gasteiger partial charge < -0.3 is 20.9 Å². The van der Waals surface area contributed by atoms with Crippen molar-refractivity contribution in [2.75, 3.05) is 11.1 Å². The number of fused-ring (bicyclic) bond motifs is 2. The van der Waals surface area contributed by atoms with E-state index in [-0.39, 0.29) is 35.8 Å². The number of amides is 2. The first-order chi connectivity index (χ1) is 19.3. The molecule has 0 saturated heterocycles. The van der Waals surface area contributed by atoms with Crippen LogP contribution in [0.1, 0.15) is 52.2 Å². The van der Waals surface area contributed by atoms with E-state index in [1.165, 1.54) is 22.1 Å². The van der Waals surface area contributed by atoms with Crippen molar-refractivity contribution >= 4 is 44.7 Å². The van der Waals surface area contributed by atoms with Gasteiger partial charge in [0.25, 0.3) is 23.2 Å². The highest BCUT2D eigenvalue weighted by Crippen LogP contribution is 2.34. The first kappa shape index (κ1) is 25.3. The summed E-state index contributed by atoms with van der Waals surface area (Å²) in [6.45, 7) is 4.01. The van der Waals surface area contributed by atoms with Crippen molar-refractivity contribution in [2.45, 2.75) is 38.8 Å². The Morgan fingerprint density at radius 2 is 2.08 bits per heavy atom. The van der Waals surface area contributed by atoms with Crippen molar-refractivity contribution in [3.05, 3.63) is 75.3 Å². The number of aryl methyl sites for hydroxylation is 1. The van der Waals surface area contributed by atoms with Crippen LogP contribution < -0.4 is 21.9 Å². The summed E-state index contributed by atoms with van der Waals surface area (Å²) in [6.07, 6.45) is 4.95. The Kier molecular flexibility index (Phi) is 6.30. The Labute approximate surface area is 230 Å². The van der Waals surface area contributed by atoms with Crippen LogP contribution in [0.5, 0.6) is 0 Å². The molecule has 14 heteroatoms. The predicted molar refractivity (Wildman–Crippen MR) is 147 cm³/mol. The number of rotatable bonds is 6. The number of nitrogen functional groups attached to an aromatic ring is 1. The molecule has 0 fully saturated rings. The summed E-state index contributed by atoms with van der Waals surface area (Å²) >= 11 is 1.51. The van der Waals surface area contributed by atoms with Crippen LogP contribution in [-0.4, -0.2) is 41.5 Å². The van der Waals surface area contributed by atoms with E-state index in [2.05, 4.69) is 35.7 Å². The summed E-state index contributed by atoms with van der Waals surface area (Å²) in [7, 11) is 0. The third-order valence-electron chi connectivity index (χ3n) is 6.65. The first-order valence-corrected chi connectivity index (χ1v) is 13.2. The molecule has 13 nitrogen and oxygen atoms in total. The second-order valence-corrected chi connectivity index (χ2v) is 10.6. The Morgan fingerprint density at radius 3 is 2.90 bits per heavy atom. The van der Waals surface area contributed by atoms with Crippen LogP contribution in [0, 0.1) is 6.92 Å². The molecule has 5 aromatic heterocycles. The van der Waals surface area contributed by atoms with Gasteiger partial charge in [0.2, 0.25) is 5.91 Å². The highest BCUT2D eigenvalue weighted by atomic mass is 32.1. The number of nitrogens with zero attached hydrogens (tertiary/aromatic N) is 6. The van der Waals surface area contributed by atoms with Gasteiger partial charge >= 0.3 is 0 Å². The zero-order valence-electron chi connectivity index (χ0n) is 21.4. The Morgan fingerprint density at radius 1 is 1.23 bits per heavy atom. The third-order valence-corrected chi connectivity index (χ3v) is 7.75. The van der Waals surface area contributed by atoms with Crippen LogP contribution in [-0.2, 0) is 11.3 Å². The number of hydrogen-bond donors (Lipinski definition) is 3. The van der Waals surface area contributed by atoms with Crippen molar-refractivity contribution in [1.29, 1.82) is 0 Å². The maximum atomic E-state index is 13.4. The third kappa shape index (κ3) is 4.58.